The Morgan fingerprint density at radius 3 is 3.17 bits per heavy atom. The zero-order chi connectivity index (χ0) is 8.55. The lowest BCUT2D eigenvalue weighted by Gasteiger charge is -2.17. The highest BCUT2D eigenvalue weighted by Crippen LogP contribution is 2.10. The van der Waals surface area contributed by atoms with E-state index < -0.39 is 5.97 Å². The Bertz CT molecular complexity index is 282. The number of aliphatic carboxylic acids is 1. The molecular formula is C7H9N3O2. The smallest absolute Gasteiger partial charge is 0.351 e. The van der Waals surface area contributed by atoms with Crippen molar-refractivity contribution in [3.63, 3.8) is 0 Å². The van der Waals surface area contributed by atoms with Crippen LogP contribution in [0.3, 0.4) is 0 Å². The second-order valence-corrected chi connectivity index (χ2v) is 2.71. The Balaban J connectivity index is 2.20. The molecule has 0 radical (unpaired) electrons. The quantitative estimate of drug-likeness (QED) is 0.400. The fourth-order valence-electron chi connectivity index (χ4n) is 1.28. The fourth-order valence-corrected chi connectivity index (χ4v) is 1.28. The third-order valence-electron chi connectivity index (χ3n) is 1.90. The van der Waals surface area contributed by atoms with E-state index in [1.807, 2.05) is 0 Å². The van der Waals surface area contributed by atoms with Gasteiger partial charge in [0.05, 0.1) is 6.04 Å². The second-order valence-electron chi connectivity index (χ2n) is 2.71. The minimum Gasteiger partial charge on any atom is -0.477 e. The number of hydrogen-bond donors (Lipinski definition) is 4. The maximum Gasteiger partial charge on any atom is 0.351 e. The number of carboxylic acids is 1. The van der Waals surface area contributed by atoms with Crippen molar-refractivity contribution in [3.8, 4) is 0 Å². The Morgan fingerprint density at radius 2 is 2.42 bits per heavy atom. The molecule has 2 heterocycles. The first-order chi connectivity index (χ1) is 5.77. The van der Waals surface area contributed by atoms with Crippen molar-refractivity contribution in [2.24, 2.45) is 0 Å². The van der Waals surface area contributed by atoms with Gasteiger partial charge in [-0.2, -0.15) is 0 Å². The SMILES string of the molecule is O=C(O)C1=CC=C2NNCC2N1. The summed E-state index contributed by atoms with van der Waals surface area (Å²) >= 11 is 0. The Morgan fingerprint density at radius 1 is 1.58 bits per heavy atom. The lowest BCUT2D eigenvalue weighted by Crippen LogP contribution is -2.36. The first kappa shape index (κ1) is 7.17. The number of nitrogens with one attached hydrogen (secondary N) is 3. The van der Waals surface area contributed by atoms with Crippen molar-refractivity contribution >= 4 is 5.97 Å². The van der Waals surface area contributed by atoms with Crippen LogP contribution in [0.25, 0.3) is 0 Å². The summed E-state index contributed by atoms with van der Waals surface area (Å²) in [5, 5.41) is 11.5. The van der Waals surface area contributed by atoms with Crippen LogP contribution in [0.4, 0.5) is 0 Å². The van der Waals surface area contributed by atoms with Crippen molar-refractivity contribution in [1.82, 2.24) is 16.2 Å². The summed E-state index contributed by atoms with van der Waals surface area (Å²) < 4.78 is 0. The number of hydrogen-bond acceptors (Lipinski definition) is 4. The van der Waals surface area contributed by atoms with E-state index in [-0.39, 0.29) is 11.7 Å². The van der Waals surface area contributed by atoms with E-state index in [4.69, 9.17) is 5.11 Å². The molecule has 5 heteroatoms. The molecule has 0 spiro atoms. The molecule has 0 aromatic rings. The molecule has 2 rings (SSSR count). The van der Waals surface area contributed by atoms with Crippen molar-refractivity contribution in [1.29, 1.82) is 0 Å². The average molecular weight is 167 g/mol. The molecule has 0 aliphatic carbocycles. The van der Waals surface area contributed by atoms with E-state index in [0.717, 1.165) is 5.70 Å². The Kier molecular flexibility index (Phi) is 1.51. The first-order valence-electron chi connectivity index (χ1n) is 3.68. The van der Waals surface area contributed by atoms with E-state index in [1.54, 1.807) is 12.2 Å². The minimum absolute atomic E-state index is 0.0705. The van der Waals surface area contributed by atoms with Crippen LogP contribution in [0.15, 0.2) is 23.5 Å². The van der Waals surface area contributed by atoms with Crippen LogP contribution in [-0.4, -0.2) is 23.7 Å². The van der Waals surface area contributed by atoms with Gasteiger partial charge in [0.2, 0.25) is 0 Å². The van der Waals surface area contributed by atoms with E-state index in [0.29, 0.717) is 6.54 Å². The molecule has 1 atom stereocenters. The summed E-state index contributed by atoms with van der Waals surface area (Å²) in [5.74, 6) is -0.919. The molecule has 2 aliphatic heterocycles. The molecular weight excluding hydrogens is 158 g/mol. The minimum atomic E-state index is -0.919. The lowest BCUT2D eigenvalue weighted by atomic mass is 10.1. The number of carbonyl (C=O) groups is 1. The van der Waals surface area contributed by atoms with E-state index in [9.17, 15) is 4.79 Å². The van der Waals surface area contributed by atoms with Crippen molar-refractivity contribution < 1.29 is 9.90 Å². The highest BCUT2D eigenvalue weighted by molar-refractivity contribution is 5.86. The van der Waals surface area contributed by atoms with Gasteiger partial charge in [-0.15, -0.1) is 0 Å². The molecule has 64 valence electrons. The van der Waals surface area contributed by atoms with Gasteiger partial charge in [-0.3, -0.25) is 0 Å². The van der Waals surface area contributed by atoms with Crippen LogP contribution in [0, 0.1) is 0 Å². The molecule has 0 saturated carbocycles. The molecule has 0 bridgehead atoms. The summed E-state index contributed by atoms with van der Waals surface area (Å²) in [6.07, 6.45) is 3.32. The summed E-state index contributed by atoms with van der Waals surface area (Å²) in [6.45, 7) is 0.705. The Labute approximate surface area is 69.1 Å². The highest BCUT2D eigenvalue weighted by Gasteiger charge is 2.24. The number of hydrazine groups is 1. The van der Waals surface area contributed by atoms with Gasteiger partial charge in [0.25, 0.3) is 0 Å². The van der Waals surface area contributed by atoms with Gasteiger partial charge in [-0.05, 0) is 12.2 Å². The van der Waals surface area contributed by atoms with Crippen LogP contribution in [0.1, 0.15) is 0 Å². The molecule has 2 aliphatic rings. The van der Waals surface area contributed by atoms with Gasteiger partial charge in [0.15, 0.2) is 0 Å². The van der Waals surface area contributed by atoms with Crippen LogP contribution < -0.4 is 16.2 Å². The standard InChI is InChI=1S/C7H9N3O2/c11-7(12)5-2-1-4-6(9-5)3-8-10-4/h1-2,6,8-10H,3H2,(H,11,12). The van der Waals surface area contributed by atoms with Gasteiger partial charge in [0, 0.05) is 12.2 Å². The normalized spacial score (nSPS) is 26.2. The predicted octanol–water partition coefficient (Wildman–Crippen LogP) is -1.08. The summed E-state index contributed by atoms with van der Waals surface area (Å²) in [4.78, 5) is 10.5. The average Bonchev–Trinajstić information content (AvgIpc) is 2.49. The lowest BCUT2D eigenvalue weighted by molar-refractivity contribution is -0.133. The number of rotatable bonds is 1. The van der Waals surface area contributed by atoms with E-state index in [1.165, 1.54) is 0 Å². The number of dihydropyridines is 1. The van der Waals surface area contributed by atoms with Crippen molar-refractivity contribution in [2.75, 3.05) is 6.54 Å². The molecule has 0 aromatic heterocycles. The molecule has 0 aromatic carbocycles. The van der Waals surface area contributed by atoms with Gasteiger partial charge in [-0.25, -0.2) is 10.2 Å². The molecule has 5 nitrogen and oxygen atoms in total. The predicted molar refractivity (Wildman–Crippen MR) is 41.9 cm³/mol. The summed E-state index contributed by atoms with van der Waals surface area (Å²) in [5.41, 5.74) is 7.08. The third kappa shape index (κ3) is 1.04. The maximum atomic E-state index is 10.5. The van der Waals surface area contributed by atoms with Gasteiger partial charge >= 0.3 is 5.97 Å². The molecule has 1 unspecified atom stereocenters. The summed E-state index contributed by atoms with van der Waals surface area (Å²) in [7, 11) is 0. The fraction of sp³-hybridized carbons (Fsp3) is 0.286. The number of allylic oxidation sites excluding steroid dienone is 2. The monoisotopic (exact) mass is 167 g/mol. The van der Waals surface area contributed by atoms with Crippen LogP contribution >= 0.6 is 0 Å². The first-order valence-corrected chi connectivity index (χ1v) is 3.68. The number of carboxylic acid groups (broad SMARTS) is 1. The van der Waals surface area contributed by atoms with Crippen molar-refractivity contribution in [3.05, 3.63) is 23.5 Å². The Hall–Kier alpha value is -1.49. The molecule has 0 amide bonds. The van der Waals surface area contributed by atoms with Gasteiger partial charge in [0.1, 0.15) is 5.70 Å². The van der Waals surface area contributed by atoms with Crippen LogP contribution in [-0.2, 0) is 4.79 Å². The second kappa shape index (κ2) is 2.53. The largest absolute Gasteiger partial charge is 0.477 e. The van der Waals surface area contributed by atoms with Gasteiger partial charge in [-0.1, -0.05) is 0 Å². The van der Waals surface area contributed by atoms with Crippen LogP contribution in [0.2, 0.25) is 0 Å². The molecule has 4 N–H and O–H groups in total. The van der Waals surface area contributed by atoms with Gasteiger partial charge < -0.3 is 15.8 Å². The molecule has 12 heavy (non-hydrogen) atoms. The van der Waals surface area contributed by atoms with E-state index in [2.05, 4.69) is 16.2 Å². The zero-order valence-corrected chi connectivity index (χ0v) is 6.29. The molecule has 1 fully saturated rings. The number of fused-ring (bicyclic) bond motifs is 1. The maximum absolute atomic E-state index is 10.5. The topological polar surface area (TPSA) is 73.4 Å². The highest BCUT2D eigenvalue weighted by atomic mass is 16.4. The van der Waals surface area contributed by atoms with Crippen LogP contribution in [0.5, 0.6) is 0 Å². The van der Waals surface area contributed by atoms with E-state index >= 15 is 0 Å². The molecule has 1 saturated heterocycles. The summed E-state index contributed by atoms with van der Waals surface area (Å²) in [6, 6.07) is 0.0705. The third-order valence-corrected chi connectivity index (χ3v) is 1.90. The zero-order valence-electron chi connectivity index (χ0n) is 6.29. The van der Waals surface area contributed by atoms with Crippen molar-refractivity contribution in [2.45, 2.75) is 6.04 Å².